The van der Waals surface area contributed by atoms with Gasteiger partial charge in [0, 0.05) is 11.1 Å². The van der Waals surface area contributed by atoms with Crippen molar-refractivity contribution in [3.05, 3.63) is 23.3 Å². The minimum Gasteiger partial charge on any atom is -0.493 e. The van der Waals surface area contributed by atoms with Gasteiger partial charge in [-0.05, 0) is 31.5 Å². The molecule has 0 saturated heterocycles. The lowest BCUT2D eigenvalue weighted by Crippen LogP contribution is -1.94. The fourth-order valence-electron chi connectivity index (χ4n) is 1.92. The van der Waals surface area contributed by atoms with Gasteiger partial charge in [0.05, 0.1) is 19.9 Å². The number of nitrogens with one attached hydrogen (secondary N) is 1. The van der Waals surface area contributed by atoms with Gasteiger partial charge in [0.2, 0.25) is 0 Å². The monoisotopic (exact) mass is 247 g/mol. The molecule has 2 aromatic rings. The van der Waals surface area contributed by atoms with Crippen molar-refractivity contribution in [3.63, 3.8) is 0 Å². The lowest BCUT2D eigenvalue weighted by atomic mass is 10.0. The molecule has 0 saturated carbocycles. The van der Waals surface area contributed by atoms with Crippen LogP contribution in [0.25, 0.3) is 11.3 Å². The number of H-pyrrole nitrogens is 1. The molecule has 0 fully saturated rings. The molecule has 5 nitrogen and oxygen atoms in total. The zero-order chi connectivity index (χ0) is 13.3. The highest BCUT2D eigenvalue weighted by atomic mass is 16.5. The Labute approximate surface area is 106 Å². The largest absolute Gasteiger partial charge is 0.493 e. The number of benzene rings is 1. The highest BCUT2D eigenvalue weighted by Gasteiger charge is 2.14. The number of ether oxygens (including phenoxy) is 2. The first-order valence-electron chi connectivity index (χ1n) is 5.62. The Bertz CT molecular complexity index is 576. The number of hydrogen-bond donors (Lipinski definition) is 2. The van der Waals surface area contributed by atoms with Gasteiger partial charge in [-0.1, -0.05) is 0 Å². The number of hydrogen-bond acceptors (Lipinski definition) is 4. The van der Waals surface area contributed by atoms with Crippen molar-refractivity contribution in [2.75, 3.05) is 20.0 Å². The molecule has 0 aliphatic heterocycles. The Kier molecular flexibility index (Phi) is 3.14. The number of methoxy groups -OCH3 is 2. The number of nitrogens with zero attached hydrogens (tertiary/aromatic N) is 1. The van der Waals surface area contributed by atoms with E-state index in [2.05, 4.69) is 10.2 Å². The summed E-state index contributed by atoms with van der Waals surface area (Å²) in [4.78, 5) is 0. The van der Waals surface area contributed by atoms with E-state index in [1.165, 1.54) is 0 Å². The van der Waals surface area contributed by atoms with Crippen molar-refractivity contribution < 1.29 is 9.47 Å². The number of anilines is 1. The number of nitrogens with two attached hydrogens (primary N) is 1. The van der Waals surface area contributed by atoms with Crippen LogP contribution in [0.4, 0.5) is 5.82 Å². The van der Waals surface area contributed by atoms with Gasteiger partial charge >= 0.3 is 0 Å². The third kappa shape index (κ3) is 1.88. The molecular weight excluding hydrogens is 230 g/mol. The van der Waals surface area contributed by atoms with Crippen LogP contribution in [0.3, 0.4) is 0 Å². The van der Waals surface area contributed by atoms with E-state index in [9.17, 15) is 0 Å². The van der Waals surface area contributed by atoms with Crippen LogP contribution in [-0.4, -0.2) is 24.4 Å². The average molecular weight is 247 g/mol. The van der Waals surface area contributed by atoms with Gasteiger partial charge in [0.1, 0.15) is 5.82 Å². The summed E-state index contributed by atoms with van der Waals surface area (Å²) < 4.78 is 10.6. The Morgan fingerprint density at radius 3 is 2.22 bits per heavy atom. The van der Waals surface area contributed by atoms with Crippen molar-refractivity contribution in [1.82, 2.24) is 10.2 Å². The lowest BCUT2D eigenvalue weighted by Gasteiger charge is -2.12. The van der Waals surface area contributed by atoms with E-state index < -0.39 is 0 Å². The van der Waals surface area contributed by atoms with E-state index in [0.29, 0.717) is 17.3 Å². The van der Waals surface area contributed by atoms with Crippen LogP contribution in [0, 0.1) is 13.8 Å². The first kappa shape index (κ1) is 12.3. The summed E-state index contributed by atoms with van der Waals surface area (Å²) in [6, 6.07) is 3.86. The third-order valence-electron chi connectivity index (χ3n) is 3.05. The summed E-state index contributed by atoms with van der Waals surface area (Å²) in [5.74, 6) is 1.91. The minimum absolute atomic E-state index is 0.513. The standard InChI is InChI=1S/C13H17N3O2/c1-7-5-10(17-3)11(18-4)6-9(7)12-8(2)13(14)16-15-12/h5-6H,1-4H3,(H3,14,15,16). The maximum absolute atomic E-state index is 5.76. The smallest absolute Gasteiger partial charge is 0.161 e. The summed E-state index contributed by atoms with van der Waals surface area (Å²) >= 11 is 0. The van der Waals surface area contributed by atoms with Gasteiger partial charge < -0.3 is 15.2 Å². The average Bonchev–Trinajstić information content (AvgIpc) is 2.70. The summed E-state index contributed by atoms with van der Waals surface area (Å²) in [7, 11) is 3.24. The van der Waals surface area contributed by atoms with Crippen LogP contribution in [0.15, 0.2) is 12.1 Å². The molecule has 0 aliphatic rings. The van der Waals surface area contributed by atoms with Gasteiger partial charge in [-0.3, -0.25) is 5.10 Å². The molecule has 0 aliphatic carbocycles. The quantitative estimate of drug-likeness (QED) is 0.872. The molecule has 1 heterocycles. The summed E-state index contributed by atoms with van der Waals surface area (Å²) in [6.45, 7) is 3.94. The predicted octanol–water partition coefficient (Wildman–Crippen LogP) is 2.29. The van der Waals surface area contributed by atoms with Crippen LogP contribution in [0.5, 0.6) is 11.5 Å². The second kappa shape index (κ2) is 4.60. The van der Waals surface area contributed by atoms with E-state index in [1.54, 1.807) is 14.2 Å². The second-order valence-corrected chi connectivity index (χ2v) is 4.13. The van der Waals surface area contributed by atoms with Crippen molar-refractivity contribution >= 4 is 5.82 Å². The van der Waals surface area contributed by atoms with Crippen molar-refractivity contribution in [1.29, 1.82) is 0 Å². The van der Waals surface area contributed by atoms with Gasteiger partial charge in [0.25, 0.3) is 0 Å². The molecule has 0 unspecified atom stereocenters. The van der Waals surface area contributed by atoms with Crippen molar-refractivity contribution in [2.24, 2.45) is 0 Å². The molecule has 0 amide bonds. The molecule has 2 rings (SSSR count). The van der Waals surface area contributed by atoms with Gasteiger partial charge in [0.15, 0.2) is 11.5 Å². The molecule has 3 N–H and O–H groups in total. The molecule has 0 spiro atoms. The molecule has 1 aromatic carbocycles. The SMILES string of the molecule is COc1cc(C)c(-c2[nH]nc(N)c2C)cc1OC. The van der Waals surface area contributed by atoms with E-state index in [4.69, 9.17) is 15.2 Å². The fourth-order valence-corrected chi connectivity index (χ4v) is 1.92. The van der Waals surface area contributed by atoms with E-state index in [0.717, 1.165) is 22.4 Å². The number of aromatic nitrogens is 2. The Morgan fingerprint density at radius 1 is 1.11 bits per heavy atom. The number of aryl methyl sites for hydroxylation is 1. The van der Waals surface area contributed by atoms with Crippen molar-refractivity contribution in [3.8, 4) is 22.8 Å². The Hall–Kier alpha value is -2.17. The van der Waals surface area contributed by atoms with Crippen LogP contribution in [-0.2, 0) is 0 Å². The highest BCUT2D eigenvalue weighted by Crippen LogP contribution is 2.36. The molecule has 5 heteroatoms. The molecule has 0 atom stereocenters. The number of nitrogen functional groups attached to an aromatic ring is 1. The number of aromatic amines is 1. The fraction of sp³-hybridized carbons (Fsp3) is 0.308. The first-order chi connectivity index (χ1) is 8.58. The zero-order valence-corrected chi connectivity index (χ0v) is 11.0. The zero-order valence-electron chi connectivity index (χ0n) is 11.0. The maximum Gasteiger partial charge on any atom is 0.161 e. The number of rotatable bonds is 3. The predicted molar refractivity (Wildman–Crippen MR) is 71.0 cm³/mol. The topological polar surface area (TPSA) is 73.2 Å². The molecule has 0 bridgehead atoms. The van der Waals surface area contributed by atoms with Crippen LogP contribution in [0.2, 0.25) is 0 Å². The second-order valence-electron chi connectivity index (χ2n) is 4.13. The summed E-state index contributed by atoms with van der Waals surface area (Å²) in [5, 5.41) is 6.96. The Balaban J connectivity index is 2.61. The van der Waals surface area contributed by atoms with Crippen LogP contribution < -0.4 is 15.2 Å². The van der Waals surface area contributed by atoms with Gasteiger partial charge in [-0.25, -0.2) is 0 Å². The normalized spacial score (nSPS) is 10.4. The maximum atomic E-state index is 5.76. The van der Waals surface area contributed by atoms with Crippen LogP contribution >= 0.6 is 0 Å². The van der Waals surface area contributed by atoms with E-state index >= 15 is 0 Å². The summed E-state index contributed by atoms with van der Waals surface area (Å²) in [5.41, 5.74) is 9.68. The van der Waals surface area contributed by atoms with E-state index in [1.807, 2.05) is 26.0 Å². The molecule has 18 heavy (non-hydrogen) atoms. The highest BCUT2D eigenvalue weighted by molar-refractivity contribution is 5.73. The third-order valence-corrected chi connectivity index (χ3v) is 3.05. The lowest BCUT2D eigenvalue weighted by molar-refractivity contribution is 0.355. The first-order valence-corrected chi connectivity index (χ1v) is 5.62. The molecule has 96 valence electrons. The van der Waals surface area contributed by atoms with E-state index in [-0.39, 0.29) is 0 Å². The molecule has 0 radical (unpaired) electrons. The van der Waals surface area contributed by atoms with Crippen molar-refractivity contribution in [2.45, 2.75) is 13.8 Å². The molecular formula is C13H17N3O2. The summed E-state index contributed by atoms with van der Waals surface area (Å²) in [6.07, 6.45) is 0. The minimum atomic E-state index is 0.513. The van der Waals surface area contributed by atoms with Crippen LogP contribution in [0.1, 0.15) is 11.1 Å². The van der Waals surface area contributed by atoms with Gasteiger partial charge in [-0.15, -0.1) is 0 Å². The van der Waals surface area contributed by atoms with Gasteiger partial charge in [-0.2, -0.15) is 5.10 Å². The molecule has 1 aromatic heterocycles. The Morgan fingerprint density at radius 2 is 1.72 bits per heavy atom.